The molecule has 5 nitrogen and oxygen atoms in total. The molecule has 1 atom stereocenters. The summed E-state index contributed by atoms with van der Waals surface area (Å²) in [6.07, 6.45) is 5.14. The number of aryl methyl sites for hydroxylation is 2. The van der Waals surface area contributed by atoms with Crippen LogP contribution in [0.3, 0.4) is 0 Å². The maximum Gasteiger partial charge on any atom is 0.254 e. The average molecular weight is 429 g/mol. The number of hydrazone groups is 1. The Morgan fingerprint density at radius 2 is 2.00 bits per heavy atom. The van der Waals surface area contributed by atoms with E-state index in [1.165, 1.54) is 39.7 Å². The minimum absolute atomic E-state index is 0.0485. The molecule has 0 radical (unpaired) electrons. The van der Waals surface area contributed by atoms with Crippen LogP contribution >= 0.6 is 0 Å². The Morgan fingerprint density at radius 3 is 2.78 bits per heavy atom. The lowest BCUT2D eigenvalue weighted by atomic mass is 9.89. The third-order valence-electron chi connectivity index (χ3n) is 6.99. The van der Waals surface area contributed by atoms with E-state index in [1.54, 1.807) is 6.21 Å². The average Bonchev–Trinajstić information content (AvgIpc) is 3.10. The van der Waals surface area contributed by atoms with Crippen LogP contribution in [-0.4, -0.2) is 34.7 Å². The molecule has 0 unspecified atom stereocenters. The summed E-state index contributed by atoms with van der Waals surface area (Å²) < 4.78 is 2.50. The molecular weight excluding hydrogens is 396 g/mol. The molecule has 32 heavy (non-hydrogen) atoms. The number of rotatable bonds is 5. The molecule has 0 spiro atoms. The number of fused-ring (bicyclic) bond motifs is 3. The van der Waals surface area contributed by atoms with Crippen molar-refractivity contribution in [3.63, 3.8) is 0 Å². The van der Waals surface area contributed by atoms with Crippen LogP contribution in [0.5, 0.6) is 0 Å². The van der Waals surface area contributed by atoms with Crippen molar-refractivity contribution >= 4 is 23.0 Å². The number of carbonyl (C=O) groups excluding carboxylic acids is 1. The maximum atomic E-state index is 12.7. The second-order valence-corrected chi connectivity index (χ2v) is 9.53. The quantitative estimate of drug-likeness (QED) is 0.463. The first-order valence-corrected chi connectivity index (χ1v) is 11.8. The van der Waals surface area contributed by atoms with E-state index >= 15 is 0 Å². The van der Waals surface area contributed by atoms with E-state index in [9.17, 15) is 4.79 Å². The van der Waals surface area contributed by atoms with Crippen molar-refractivity contribution in [2.45, 2.75) is 58.5 Å². The van der Waals surface area contributed by atoms with Crippen LogP contribution in [0.2, 0.25) is 0 Å². The summed E-state index contributed by atoms with van der Waals surface area (Å²) in [5.41, 5.74) is 10.6. The van der Waals surface area contributed by atoms with Crippen molar-refractivity contribution < 1.29 is 4.79 Å². The molecule has 0 fully saturated rings. The Hall–Kier alpha value is -2.92. The van der Waals surface area contributed by atoms with Crippen LogP contribution < -0.4 is 5.43 Å². The van der Waals surface area contributed by atoms with Gasteiger partial charge in [-0.3, -0.25) is 9.69 Å². The first-order chi connectivity index (χ1) is 15.5. The minimum Gasteiger partial charge on any atom is -0.342 e. The summed E-state index contributed by atoms with van der Waals surface area (Å²) in [5.74, 6) is 0.459. The molecule has 166 valence electrons. The van der Waals surface area contributed by atoms with Gasteiger partial charge in [-0.25, -0.2) is 5.43 Å². The zero-order valence-corrected chi connectivity index (χ0v) is 19.3. The largest absolute Gasteiger partial charge is 0.342 e. The Kier molecular flexibility index (Phi) is 5.60. The van der Waals surface area contributed by atoms with Crippen LogP contribution in [0.25, 0.3) is 10.9 Å². The van der Waals surface area contributed by atoms with Crippen LogP contribution in [0.4, 0.5) is 0 Å². The number of nitrogens with zero attached hydrogens (tertiary/aromatic N) is 3. The number of nitrogens with one attached hydrogen (secondary N) is 1. The van der Waals surface area contributed by atoms with Gasteiger partial charge in [-0.15, -0.1) is 0 Å². The van der Waals surface area contributed by atoms with E-state index in [4.69, 9.17) is 0 Å². The first-order valence-electron chi connectivity index (χ1n) is 11.8. The topological polar surface area (TPSA) is 49.6 Å². The van der Waals surface area contributed by atoms with E-state index in [2.05, 4.69) is 71.1 Å². The van der Waals surface area contributed by atoms with Gasteiger partial charge < -0.3 is 4.57 Å². The van der Waals surface area contributed by atoms with Crippen molar-refractivity contribution in [3.05, 3.63) is 70.4 Å². The van der Waals surface area contributed by atoms with Gasteiger partial charge in [0.25, 0.3) is 5.91 Å². The van der Waals surface area contributed by atoms with Gasteiger partial charge in [0, 0.05) is 29.7 Å². The molecule has 2 aliphatic rings. The normalized spacial score (nSPS) is 18.4. The molecule has 1 aliphatic carbocycles. The number of hydrogen-bond acceptors (Lipinski definition) is 3. The molecule has 3 aromatic rings. The van der Waals surface area contributed by atoms with Crippen molar-refractivity contribution in [3.8, 4) is 0 Å². The molecule has 1 aromatic heterocycles. The summed E-state index contributed by atoms with van der Waals surface area (Å²) in [7, 11) is 0. The van der Waals surface area contributed by atoms with E-state index in [1.807, 2.05) is 12.1 Å². The van der Waals surface area contributed by atoms with Gasteiger partial charge in [-0.05, 0) is 60.9 Å². The molecule has 0 saturated carbocycles. The molecule has 2 aromatic carbocycles. The van der Waals surface area contributed by atoms with Gasteiger partial charge in [0.15, 0.2) is 0 Å². The third-order valence-corrected chi connectivity index (χ3v) is 6.99. The predicted octanol–water partition coefficient (Wildman–Crippen LogP) is 4.92. The lowest BCUT2D eigenvalue weighted by Crippen LogP contribution is -2.44. The second kappa shape index (κ2) is 8.55. The summed E-state index contributed by atoms with van der Waals surface area (Å²) in [6.45, 7) is 8.74. The molecule has 1 aliphatic heterocycles. The number of aromatic nitrogens is 1. The van der Waals surface area contributed by atoms with Gasteiger partial charge in [0.05, 0.1) is 18.8 Å². The number of amides is 1. The van der Waals surface area contributed by atoms with Gasteiger partial charge in [-0.1, -0.05) is 49.7 Å². The summed E-state index contributed by atoms with van der Waals surface area (Å²) in [4.78, 5) is 15.0. The highest BCUT2D eigenvalue weighted by Gasteiger charge is 2.35. The molecule has 2 heterocycles. The highest BCUT2D eigenvalue weighted by atomic mass is 16.2. The SMILES string of the molecule is Cc1ccc2c(c1)c1c3n2CCN(CC(=O)N/N=C\c2ccc(C(C)C)cc2)[C@H]3CCC1. The summed E-state index contributed by atoms with van der Waals surface area (Å²) >= 11 is 0. The number of carbonyl (C=O) groups is 1. The number of benzene rings is 2. The maximum absolute atomic E-state index is 12.7. The van der Waals surface area contributed by atoms with Gasteiger partial charge in [0.2, 0.25) is 0 Å². The Balaban J connectivity index is 1.28. The standard InChI is InChI=1S/C27H32N4O/c1-18(2)21-10-8-20(9-11-21)16-28-29-26(32)17-30-13-14-31-24-12-7-19(3)15-23(24)22-5-4-6-25(30)27(22)31/h7-12,15-16,18,25H,4-6,13-14,17H2,1-3H3,(H,29,32)/b28-16-/t25-/m0/s1. The highest BCUT2D eigenvalue weighted by Crippen LogP contribution is 2.42. The molecule has 1 amide bonds. The highest BCUT2D eigenvalue weighted by molar-refractivity contribution is 5.87. The zero-order valence-electron chi connectivity index (χ0n) is 19.3. The predicted molar refractivity (Wildman–Crippen MR) is 130 cm³/mol. The summed E-state index contributed by atoms with van der Waals surface area (Å²) in [5, 5.41) is 5.60. The molecule has 0 saturated heterocycles. The Morgan fingerprint density at radius 1 is 1.19 bits per heavy atom. The Labute approximate surface area is 190 Å². The fraction of sp³-hybridized carbons (Fsp3) is 0.407. The lowest BCUT2D eigenvalue weighted by Gasteiger charge is -2.39. The molecule has 1 N–H and O–H groups in total. The van der Waals surface area contributed by atoms with Crippen molar-refractivity contribution in [2.24, 2.45) is 5.10 Å². The first kappa shape index (κ1) is 21.0. The van der Waals surface area contributed by atoms with E-state index in [-0.39, 0.29) is 5.91 Å². The molecule has 0 bridgehead atoms. The van der Waals surface area contributed by atoms with E-state index < -0.39 is 0 Å². The zero-order chi connectivity index (χ0) is 22.2. The Bertz CT molecular complexity index is 1170. The smallest absolute Gasteiger partial charge is 0.254 e. The molecular formula is C27H32N4O. The fourth-order valence-corrected chi connectivity index (χ4v) is 5.35. The van der Waals surface area contributed by atoms with Gasteiger partial charge >= 0.3 is 0 Å². The molecule has 5 rings (SSSR count). The van der Waals surface area contributed by atoms with Gasteiger partial charge in [0.1, 0.15) is 0 Å². The third kappa shape index (κ3) is 3.86. The van der Waals surface area contributed by atoms with Crippen molar-refractivity contribution in [2.75, 3.05) is 13.1 Å². The van der Waals surface area contributed by atoms with E-state index in [0.717, 1.165) is 31.5 Å². The minimum atomic E-state index is -0.0485. The van der Waals surface area contributed by atoms with Crippen LogP contribution in [0, 0.1) is 6.92 Å². The van der Waals surface area contributed by atoms with E-state index in [0.29, 0.717) is 18.5 Å². The van der Waals surface area contributed by atoms with Crippen molar-refractivity contribution in [1.82, 2.24) is 14.9 Å². The van der Waals surface area contributed by atoms with Crippen LogP contribution in [-0.2, 0) is 17.8 Å². The molecule has 5 heteroatoms. The van der Waals surface area contributed by atoms with Crippen LogP contribution in [0.1, 0.15) is 66.6 Å². The number of hydrogen-bond donors (Lipinski definition) is 1. The second-order valence-electron chi connectivity index (χ2n) is 9.53. The fourth-order valence-electron chi connectivity index (χ4n) is 5.35. The van der Waals surface area contributed by atoms with Gasteiger partial charge in [-0.2, -0.15) is 5.10 Å². The monoisotopic (exact) mass is 428 g/mol. The van der Waals surface area contributed by atoms with Crippen molar-refractivity contribution in [1.29, 1.82) is 0 Å². The lowest BCUT2D eigenvalue weighted by molar-refractivity contribution is -0.123. The van der Waals surface area contributed by atoms with Crippen LogP contribution in [0.15, 0.2) is 47.6 Å². The summed E-state index contributed by atoms with van der Waals surface area (Å²) in [6, 6.07) is 15.4.